The van der Waals surface area contributed by atoms with Crippen LogP contribution in [-0.2, 0) is 4.74 Å². The van der Waals surface area contributed by atoms with Gasteiger partial charge in [-0.05, 0) is 29.0 Å². The van der Waals surface area contributed by atoms with Crippen molar-refractivity contribution in [2.24, 2.45) is 0 Å². The Labute approximate surface area is 104 Å². The third-order valence-electron chi connectivity index (χ3n) is 1.74. The average Bonchev–Trinajstić information content (AvgIpc) is 2.25. The van der Waals surface area contributed by atoms with Gasteiger partial charge in [0.1, 0.15) is 12.9 Å². The van der Waals surface area contributed by atoms with Crippen LogP contribution in [0.5, 0.6) is 5.88 Å². The van der Waals surface area contributed by atoms with Gasteiger partial charge >= 0.3 is 0 Å². The van der Waals surface area contributed by atoms with Crippen LogP contribution in [0.3, 0.4) is 0 Å². The van der Waals surface area contributed by atoms with Crippen LogP contribution in [0, 0.1) is 3.57 Å². The van der Waals surface area contributed by atoms with Crippen molar-refractivity contribution < 1.29 is 9.47 Å². The highest BCUT2D eigenvalue weighted by Crippen LogP contribution is 2.14. The molecule has 1 aromatic rings. The largest absolute Gasteiger partial charge is 0.474 e. The lowest BCUT2D eigenvalue weighted by Crippen LogP contribution is -2.09. The molecule has 0 fully saturated rings. The summed E-state index contributed by atoms with van der Waals surface area (Å²) in [5, 5.41) is 0. The molecule has 0 aromatic carbocycles. The van der Waals surface area contributed by atoms with Gasteiger partial charge in [-0.25, -0.2) is 9.97 Å². The van der Waals surface area contributed by atoms with E-state index >= 15 is 0 Å². The summed E-state index contributed by atoms with van der Waals surface area (Å²) in [6.07, 6.45) is 5.46. The molecule has 0 saturated carbocycles. The van der Waals surface area contributed by atoms with E-state index in [0.29, 0.717) is 19.1 Å². The Balaban J connectivity index is 2.12. The normalized spacial score (nSPS) is 10.3. The number of unbranched alkanes of at least 4 members (excludes halogenated alkanes) is 1. The third-order valence-corrected chi connectivity index (χ3v) is 2.48. The Hall–Kier alpha value is -0.430. The third kappa shape index (κ3) is 5.27. The number of hydrogen-bond donors (Lipinski definition) is 0. The molecule has 0 aliphatic rings. The molecule has 0 aliphatic heterocycles. The van der Waals surface area contributed by atoms with Gasteiger partial charge in [0.15, 0.2) is 0 Å². The van der Waals surface area contributed by atoms with Crippen LogP contribution in [0.4, 0.5) is 0 Å². The van der Waals surface area contributed by atoms with E-state index in [0.717, 1.165) is 23.0 Å². The first-order valence-electron chi connectivity index (χ1n) is 5.00. The number of halogens is 1. The summed E-state index contributed by atoms with van der Waals surface area (Å²) in [6, 6.07) is 0. The van der Waals surface area contributed by atoms with E-state index in [1.807, 2.05) is 0 Å². The highest BCUT2D eigenvalue weighted by atomic mass is 127. The van der Waals surface area contributed by atoms with Gasteiger partial charge in [-0.3, -0.25) is 0 Å². The predicted molar refractivity (Wildman–Crippen MR) is 66.0 cm³/mol. The summed E-state index contributed by atoms with van der Waals surface area (Å²) in [4.78, 5) is 7.90. The Bertz CT molecular complexity index is 284. The monoisotopic (exact) mass is 322 g/mol. The van der Waals surface area contributed by atoms with E-state index in [4.69, 9.17) is 9.47 Å². The number of rotatable bonds is 7. The number of ether oxygens (including phenoxy) is 2. The maximum absolute atomic E-state index is 5.43. The second-order valence-electron chi connectivity index (χ2n) is 2.99. The van der Waals surface area contributed by atoms with Gasteiger partial charge in [0.2, 0.25) is 5.88 Å². The Morgan fingerprint density at radius 1 is 1.33 bits per heavy atom. The second kappa shape index (κ2) is 7.81. The molecule has 0 bridgehead atoms. The SMILES string of the molecule is CCCCOCCOc1ncncc1I. The summed E-state index contributed by atoms with van der Waals surface area (Å²) >= 11 is 2.14. The van der Waals surface area contributed by atoms with Crippen LogP contribution >= 0.6 is 22.6 Å². The molecule has 15 heavy (non-hydrogen) atoms. The van der Waals surface area contributed by atoms with E-state index in [-0.39, 0.29) is 0 Å². The highest BCUT2D eigenvalue weighted by Gasteiger charge is 2.00. The minimum Gasteiger partial charge on any atom is -0.474 e. The Morgan fingerprint density at radius 2 is 2.20 bits per heavy atom. The first-order chi connectivity index (χ1) is 7.34. The molecule has 5 heteroatoms. The number of nitrogens with zero attached hydrogens (tertiary/aromatic N) is 2. The van der Waals surface area contributed by atoms with Gasteiger partial charge in [-0.15, -0.1) is 0 Å². The summed E-state index contributed by atoms with van der Waals surface area (Å²) in [5.74, 6) is 0.629. The lowest BCUT2D eigenvalue weighted by molar-refractivity contribution is 0.0961. The maximum Gasteiger partial charge on any atom is 0.230 e. The molecule has 0 radical (unpaired) electrons. The minimum atomic E-state index is 0.538. The molecule has 0 amide bonds. The van der Waals surface area contributed by atoms with Crippen LogP contribution in [-0.4, -0.2) is 29.8 Å². The molecular formula is C10H15IN2O2. The summed E-state index contributed by atoms with van der Waals surface area (Å²) in [5.41, 5.74) is 0. The summed E-state index contributed by atoms with van der Waals surface area (Å²) < 4.78 is 11.7. The van der Waals surface area contributed by atoms with Gasteiger partial charge in [-0.1, -0.05) is 13.3 Å². The average molecular weight is 322 g/mol. The summed E-state index contributed by atoms with van der Waals surface area (Å²) in [6.45, 7) is 4.10. The van der Waals surface area contributed by atoms with E-state index in [9.17, 15) is 0 Å². The van der Waals surface area contributed by atoms with Crippen LogP contribution < -0.4 is 4.74 Å². The second-order valence-corrected chi connectivity index (χ2v) is 4.15. The van der Waals surface area contributed by atoms with Gasteiger partial charge in [0.05, 0.1) is 10.2 Å². The van der Waals surface area contributed by atoms with E-state index in [1.54, 1.807) is 6.20 Å². The zero-order valence-electron chi connectivity index (χ0n) is 8.78. The van der Waals surface area contributed by atoms with Crippen molar-refractivity contribution >= 4 is 22.6 Å². The first-order valence-corrected chi connectivity index (χ1v) is 6.08. The molecule has 1 heterocycles. The van der Waals surface area contributed by atoms with Crippen LogP contribution in [0.2, 0.25) is 0 Å². The maximum atomic E-state index is 5.43. The Morgan fingerprint density at radius 3 is 2.93 bits per heavy atom. The smallest absolute Gasteiger partial charge is 0.230 e. The van der Waals surface area contributed by atoms with Crippen LogP contribution in [0.1, 0.15) is 19.8 Å². The van der Waals surface area contributed by atoms with Crippen molar-refractivity contribution in [2.75, 3.05) is 19.8 Å². The highest BCUT2D eigenvalue weighted by molar-refractivity contribution is 14.1. The molecule has 0 spiro atoms. The molecule has 0 N–H and O–H groups in total. The van der Waals surface area contributed by atoms with Crippen molar-refractivity contribution in [1.82, 2.24) is 9.97 Å². The van der Waals surface area contributed by atoms with Gasteiger partial charge in [0, 0.05) is 12.8 Å². The molecule has 84 valence electrons. The molecule has 4 nitrogen and oxygen atoms in total. The molecule has 1 aromatic heterocycles. The van der Waals surface area contributed by atoms with Crippen LogP contribution in [0.15, 0.2) is 12.5 Å². The lowest BCUT2D eigenvalue weighted by atomic mass is 10.4. The zero-order valence-corrected chi connectivity index (χ0v) is 10.9. The first kappa shape index (κ1) is 12.6. The minimum absolute atomic E-state index is 0.538. The topological polar surface area (TPSA) is 44.2 Å². The molecule has 1 rings (SSSR count). The molecule has 0 unspecified atom stereocenters. The molecule has 0 saturated heterocycles. The van der Waals surface area contributed by atoms with Crippen LogP contribution in [0.25, 0.3) is 0 Å². The molecule has 0 atom stereocenters. The van der Waals surface area contributed by atoms with Crippen molar-refractivity contribution in [3.05, 3.63) is 16.1 Å². The fourth-order valence-corrected chi connectivity index (χ4v) is 1.41. The Kier molecular flexibility index (Phi) is 6.58. The molecule has 0 aliphatic carbocycles. The fraction of sp³-hybridized carbons (Fsp3) is 0.600. The zero-order chi connectivity index (χ0) is 10.9. The number of hydrogen-bond acceptors (Lipinski definition) is 4. The van der Waals surface area contributed by atoms with E-state index < -0.39 is 0 Å². The van der Waals surface area contributed by atoms with Crippen molar-refractivity contribution in [2.45, 2.75) is 19.8 Å². The van der Waals surface area contributed by atoms with Gasteiger partial charge < -0.3 is 9.47 Å². The standard InChI is InChI=1S/C10H15IN2O2/c1-2-3-4-14-5-6-15-10-9(11)7-12-8-13-10/h7-8H,2-6H2,1H3. The summed E-state index contributed by atoms with van der Waals surface area (Å²) in [7, 11) is 0. The quantitative estimate of drug-likeness (QED) is 0.571. The number of aromatic nitrogens is 2. The van der Waals surface area contributed by atoms with Crippen molar-refractivity contribution in [3.63, 3.8) is 0 Å². The predicted octanol–water partition coefficient (Wildman–Crippen LogP) is 2.28. The van der Waals surface area contributed by atoms with E-state index in [2.05, 4.69) is 39.5 Å². The van der Waals surface area contributed by atoms with Gasteiger partial charge in [0.25, 0.3) is 0 Å². The van der Waals surface area contributed by atoms with E-state index in [1.165, 1.54) is 6.33 Å². The lowest BCUT2D eigenvalue weighted by Gasteiger charge is -2.06. The van der Waals surface area contributed by atoms with Gasteiger partial charge in [-0.2, -0.15) is 0 Å². The van der Waals surface area contributed by atoms with Crippen molar-refractivity contribution in [3.8, 4) is 5.88 Å². The van der Waals surface area contributed by atoms with Crippen molar-refractivity contribution in [1.29, 1.82) is 0 Å². The fourth-order valence-electron chi connectivity index (χ4n) is 0.953. The molecular weight excluding hydrogens is 307 g/mol.